The molecule has 7 heteroatoms. The highest BCUT2D eigenvalue weighted by atomic mass is 16.4. The highest BCUT2D eigenvalue weighted by molar-refractivity contribution is 5.87. The number of fused-ring (bicyclic) bond motifs is 1. The number of aliphatic carboxylic acids is 1. The number of nitrogens with zero attached hydrogens (tertiary/aromatic N) is 5. The Labute approximate surface area is 109 Å². The molecule has 7 nitrogen and oxygen atoms in total. The van der Waals surface area contributed by atoms with Gasteiger partial charge in [-0.2, -0.15) is 5.10 Å². The molecule has 0 amide bonds. The lowest BCUT2D eigenvalue weighted by atomic mass is 9.99. The maximum atomic E-state index is 11.2. The molecule has 2 aromatic heterocycles. The van der Waals surface area contributed by atoms with Crippen molar-refractivity contribution in [1.29, 1.82) is 0 Å². The number of aryl methyl sites for hydroxylation is 1. The van der Waals surface area contributed by atoms with Crippen LogP contribution in [-0.4, -0.2) is 43.9 Å². The predicted octanol–water partition coefficient (Wildman–Crippen LogP) is 0.520. The van der Waals surface area contributed by atoms with E-state index in [1.807, 2.05) is 18.9 Å². The smallest absolute Gasteiger partial charge is 0.308 e. The fourth-order valence-corrected chi connectivity index (χ4v) is 2.66. The highest BCUT2D eigenvalue weighted by Gasteiger charge is 2.36. The van der Waals surface area contributed by atoms with Gasteiger partial charge in [0.25, 0.3) is 0 Å². The Morgan fingerprint density at radius 1 is 1.42 bits per heavy atom. The lowest BCUT2D eigenvalue weighted by Gasteiger charge is -2.17. The second-order valence-corrected chi connectivity index (χ2v) is 5.03. The Balaban J connectivity index is 2.00. The molecule has 0 aromatic carbocycles. The number of anilines is 1. The third kappa shape index (κ3) is 1.81. The zero-order valence-electron chi connectivity index (χ0n) is 10.8. The average molecular weight is 261 g/mol. The molecule has 0 unspecified atom stereocenters. The van der Waals surface area contributed by atoms with Crippen LogP contribution >= 0.6 is 0 Å². The lowest BCUT2D eigenvalue weighted by molar-refractivity contribution is -0.142. The Kier molecular flexibility index (Phi) is 2.62. The zero-order valence-corrected chi connectivity index (χ0v) is 10.8. The normalized spacial score (nSPS) is 23.2. The molecule has 19 heavy (non-hydrogen) atoms. The van der Waals surface area contributed by atoms with Gasteiger partial charge in [-0.15, -0.1) is 0 Å². The van der Waals surface area contributed by atoms with Gasteiger partial charge in [0, 0.05) is 20.1 Å². The number of aromatic nitrogens is 4. The summed E-state index contributed by atoms with van der Waals surface area (Å²) in [4.78, 5) is 21.7. The van der Waals surface area contributed by atoms with Crippen molar-refractivity contribution in [1.82, 2.24) is 19.7 Å². The van der Waals surface area contributed by atoms with Gasteiger partial charge < -0.3 is 10.0 Å². The first kappa shape index (κ1) is 11.9. The Morgan fingerprint density at radius 3 is 2.89 bits per heavy atom. The molecule has 3 rings (SSSR count). The molecule has 3 heterocycles. The summed E-state index contributed by atoms with van der Waals surface area (Å²) in [6.07, 6.45) is 3.22. The van der Waals surface area contributed by atoms with Gasteiger partial charge in [-0.05, 0) is 5.92 Å². The van der Waals surface area contributed by atoms with Crippen LogP contribution in [0.2, 0.25) is 0 Å². The number of carboxylic acid groups (broad SMARTS) is 1. The molecule has 1 aliphatic heterocycles. The van der Waals surface area contributed by atoms with Gasteiger partial charge >= 0.3 is 5.97 Å². The van der Waals surface area contributed by atoms with E-state index in [0.29, 0.717) is 13.1 Å². The third-order valence-corrected chi connectivity index (χ3v) is 3.74. The first-order valence-electron chi connectivity index (χ1n) is 6.18. The first-order valence-corrected chi connectivity index (χ1v) is 6.18. The van der Waals surface area contributed by atoms with Crippen LogP contribution in [0, 0.1) is 11.8 Å². The topological polar surface area (TPSA) is 84.1 Å². The lowest BCUT2D eigenvalue weighted by Crippen LogP contribution is -2.23. The van der Waals surface area contributed by atoms with E-state index in [4.69, 9.17) is 0 Å². The minimum absolute atomic E-state index is 0.110. The molecule has 1 N–H and O–H groups in total. The first-order chi connectivity index (χ1) is 9.08. The largest absolute Gasteiger partial charge is 0.481 e. The van der Waals surface area contributed by atoms with E-state index in [9.17, 15) is 9.90 Å². The minimum atomic E-state index is -0.744. The molecule has 1 aliphatic rings. The van der Waals surface area contributed by atoms with Crippen molar-refractivity contribution in [2.45, 2.75) is 6.92 Å². The van der Waals surface area contributed by atoms with Crippen molar-refractivity contribution in [3.05, 3.63) is 12.5 Å². The van der Waals surface area contributed by atoms with Crippen molar-refractivity contribution in [2.75, 3.05) is 18.0 Å². The molecule has 0 bridgehead atoms. The summed E-state index contributed by atoms with van der Waals surface area (Å²) < 4.78 is 1.69. The van der Waals surface area contributed by atoms with Crippen molar-refractivity contribution < 1.29 is 9.90 Å². The molecule has 2 atom stereocenters. The van der Waals surface area contributed by atoms with Crippen molar-refractivity contribution in [3.8, 4) is 0 Å². The standard InChI is InChI=1S/C12H15N5O2/c1-7-4-17(5-9(7)12(18)19)11-8-3-15-16(2)10(8)13-6-14-11/h3,6-7,9H,4-5H2,1-2H3,(H,18,19)/t7-,9-/m1/s1. The summed E-state index contributed by atoms with van der Waals surface area (Å²) in [6.45, 7) is 3.13. The van der Waals surface area contributed by atoms with Crippen molar-refractivity contribution >= 4 is 22.8 Å². The van der Waals surface area contributed by atoms with E-state index >= 15 is 0 Å². The van der Waals surface area contributed by atoms with Gasteiger partial charge in [-0.25, -0.2) is 9.97 Å². The molecule has 0 saturated carbocycles. The molecule has 0 spiro atoms. The van der Waals surface area contributed by atoms with Gasteiger partial charge in [0.1, 0.15) is 12.1 Å². The Hall–Kier alpha value is -2.18. The minimum Gasteiger partial charge on any atom is -0.481 e. The van der Waals surface area contributed by atoms with Gasteiger partial charge in [-0.1, -0.05) is 6.92 Å². The maximum Gasteiger partial charge on any atom is 0.308 e. The van der Waals surface area contributed by atoms with Gasteiger partial charge in [0.05, 0.1) is 17.5 Å². The van der Waals surface area contributed by atoms with Crippen molar-refractivity contribution in [2.24, 2.45) is 18.9 Å². The van der Waals surface area contributed by atoms with Gasteiger partial charge in [0.15, 0.2) is 5.65 Å². The number of carboxylic acids is 1. The molecule has 2 aromatic rings. The number of rotatable bonds is 2. The highest BCUT2D eigenvalue weighted by Crippen LogP contribution is 2.30. The fourth-order valence-electron chi connectivity index (χ4n) is 2.66. The van der Waals surface area contributed by atoms with Crippen LogP contribution in [0.5, 0.6) is 0 Å². The van der Waals surface area contributed by atoms with Gasteiger partial charge in [-0.3, -0.25) is 9.48 Å². The summed E-state index contributed by atoms with van der Waals surface area (Å²) in [7, 11) is 1.83. The second kappa shape index (κ2) is 4.18. The van der Waals surface area contributed by atoms with Crippen LogP contribution in [-0.2, 0) is 11.8 Å². The zero-order chi connectivity index (χ0) is 13.6. The van der Waals surface area contributed by atoms with Crippen LogP contribution < -0.4 is 4.90 Å². The number of hydrogen-bond donors (Lipinski definition) is 1. The molecule has 1 fully saturated rings. The van der Waals surface area contributed by atoms with Gasteiger partial charge in [0.2, 0.25) is 0 Å². The summed E-state index contributed by atoms with van der Waals surface area (Å²) >= 11 is 0. The van der Waals surface area contributed by atoms with E-state index in [1.165, 1.54) is 6.33 Å². The Morgan fingerprint density at radius 2 is 2.21 bits per heavy atom. The van der Waals surface area contributed by atoms with E-state index < -0.39 is 5.97 Å². The van der Waals surface area contributed by atoms with Crippen LogP contribution in [0.3, 0.4) is 0 Å². The summed E-state index contributed by atoms with van der Waals surface area (Å²) in [5, 5.41) is 14.2. The molecule has 100 valence electrons. The quantitative estimate of drug-likeness (QED) is 0.848. The Bertz CT molecular complexity index is 638. The SMILES string of the molecule is C[C@@H]1CN(c2ncnc3c2cnn3C)C[C@H]1C(=O)O. The van der Waals surface area contributed by atoms with Crippen LogP contribution in [0.1, 0.15) is 6.92 Å². The molecular weight excluding hydrogens is 246 g/mol. The molecule has 1 saturated heterocycles. The van der Waals surface area contributed by atoms with Crippen LogP contribution in [0.25, 0.3) is 11.0 Å². The monoisotopic (exact) mass is 261 g/mol. The maximum absolute atomic E-state index is 11.2. The second-order valence-electron chi connectivity index (χ2n) is 5.03. The predicted molar refractivity (Wildman–Crippen MR) is 68.8 cm³/mol. The van der Waals surface area contributed by atoms with Crippen LogP contribution in [0.15, 0.2) is 12.5 Å². The van der Waals surface area contributed by atoms with Crippen LogP contribution in [0.4, 0.5) is 5.82 Å². The average Bonchev–Trinajstić information content (AvgIpc) is 2.94. The van der Waals surface area contributed by atoms with Crippen molar-refractivity contribution in [3.63, 3.8) is 0 Å². The number of hydrogen-bond acceptors (Lipinski definition) is 5. The van der Waals surface area contributed by atoms with E-state index in [2.05, 4.69) is 15.1 Å². The summed E-state index contributed by atoms with van der Waals surface area (Å²) in [5.41, 5.74) is 0.761. The summed E-state index contributed by atoms with van der Waals surface area (Å²) in [6, 6.07) is 0. The molecule has 0 radical (unpaired) electrons. The fraction of sp³-hybridized carbons (Fsp3) is 0.500. The number of carbonyl (C=O) groups is 1. The van der Waals surface area contributed by atoms with E-state index in [0.717, 1.165) is 16.9 Å². The molecular formula is C12H15N5O2. The van der Waals surface area contributed by atoms with E-state index in [1.54, 1.807) is 10.9 Å². The summed E-state index contributed by atoms with van der Waals surface area (Å²) in [5.74, 6) is -0.207. The van der Waals surface area contributed by atoms with E-state index in [-0.39, 0.29) is 11.8 Å². The molecule has 0 aliphatic carbocycles. The third-order valence-electron chi connectivity index (χ3n) is 3.74.